The van der Waals surface area contributed by atoms with E-state index < -0.39 is 0 Å². The molecule has 0 aromatic heterocycles. The van der Waals surface area contributed by atoms with Crippen molar-refractivity contribution in [2.45, 2.75) is 36.2 Å². The summed E-state index contributed by atoms with van der Waals surface area (Å²) in [5, 5.41) is 9.87. The van der Waals surface area contributed by atoms with E-state index in [2.05, 4.69) is 25.1 Å². The topological polar surface area (TPSA) is 33.0 Å². The van der Waals surface area contributed by atoms with Crippen LogP contribution in [0.2, 0.25) is 0 Å². The molecule has 3 unspecified atom stereocenters. The summed E-state index contributed by atoms with van der Waals surface area (Å²) in [7, 11) is 0. The quantitative estimate of drug-likeness (QED) is 0.830. The summed E-state index contributed by atoms with van der Waals surface area (Å²) < 4.78 is 5.48. The second-order valence-electron chi connectivity index (χ2n) is 4.72. The first-order chi connectivity index (χ1) is 8.81. The Hall–Kier alpha value is -0.980. The van der Waals surface area contributed by atoms with E-state index >= 15 is 0 Å². The minimum atomic E-state index is 0.0131. The number of nitrogens with zero attached hydrogens (tertiary/aromatic N) is 1. The highest BCUT2D eigenvalue weighted by atomic mass is 32.2. The van der Waals surface area contributed by atoms with Gasteiger partial charge in [-0.2, -0.15) is 5.26 Å². The lowest BCUT2D eigenvalue weighted by Gasteiger charge is -2.26. The van der Waals surface area contributed by atoms with Gasteiger partial charge in [0.25, 0.3) is 0 Å². The molecule has 0 saturated carbocycles. The number of ether oxygens (including phenoxy) is 1. The second-order valence-corrected chi connectivity index (χ2v) is 6.17. The van der Waals surface area contributed by atoms with Gasteiger partial charge in [0.15, 0.2) is 0 Å². The average molecular weight is 261 g/mol. The Labute approximate surface area is 113 Å². The normalized spacial score (nSPS) is 23.0. The highest BCUT2D eigenvalue weighted by Crippen LogP contribution is 2.33. The summed E-state index contributed by atoms with van der Waals surface area (Å²) in [5.41, 5.74) is 1.24. The molecule has 0 amide bonds. The minimum Gasteiger partial charge on any atom is -0.380 e. The van der Waals surface area contributed by atoms with Crippen LogP contribution in [-0.2, 0) is 4.74 Å². The van der Waals surface area contributed by atoms with Crippen molar-refractivity contribution in [3.05, 3.63) is 35.9 Å². The van der Waals surface area contributed by atoms with Crippen molar-refractivity contribution in [2.24, 2.45) is 0 Å². The summed E-state index contributed by atoms with van der Waals surface area (Å²) in [5.74, 6) is 0.267. The summed E-state index contributed by atoms with van der Waals surface area (Å²) >= 11 is 1.78. The highest BCUT2D eigenvalue weighted by Gasteiger charge is 2.24. The first-order valence-electron chi connectivity index (χ1n) is 6.49. The maximum Gasteiger partial charge on any atom is 0.0985 e. The minimum absolute atomic E-state index is 0.0131. The van der Waals surface area contributed by atoms with Gasteiger partial charge in [0.05, 0.1) is 17.9 Å². The maximum atomic E-state index is 9.38. The van der Waals surface area contributed by atoms with Crippen LogP contribution >= 0.6 is 11.8 Å². The number of nitriles is 1. The van der Waals surface area contributed by atoms with Gasteiger partial charge in [-0.15, -0.1) is 11.8 Å². The van der Waals surface area contributed by atoms with Gasteiger partial charge >= 0.3 is 0 Å². The van der Waals surface area contributed by atoms with E-state index in [1.165, 1.54) is 12.0 Å². The van der Waals surface area contributed by atoms with Gasteiger partial charge in [0.2, 0.25) is 0 Å². The van der Waals surface area contributed by atoms with E-state index in [0.717, 1.165) is 19.6 Å². The molecule has 1 aliphatic rings. The monoisotopic (exact) mass is 261 g/mol. The molecule has 3 heteroatoms. The fourth-order valence-corrected chi connectivity index (χ4v) is 3.56. The average Bonchev–Trinajstić information content (AvgIpc) is 2.46. The van der Waals surface area contributed by atoms with E-state index in [1.807, 2.05) is 18.2 Å². The molecular formula is C15H19NOS. The Morgan fingerprint density at radius 1 is 1.39 bits per heavy atom. The van der Waals surface area contributed by atoms with Crippen LogP contribution in [0.25, 0.3) is 0 Å². The van der Waals surface area contributed by atoms with Crippen LogP contribution in [0.4, 0.5) is 0 Å². The van der Waals surface area contributed by atoms with Gasteiger partial charge in [-0.25, -0.2) is 0 Å². The molecule has 18 heavy (non-hydrogen) atoms. The Bertz CT molecular complexity index is 395. The van der Waals surface area contributed by atoms with Crippen molar-refractivity contribution in [3.8, 4) is 6.07 Å². The molecule has 0 radical (unpaired) electrons. The lowest BCUT2D eigenvalue weighted by molar-refractivity contribution is 0.101. The molecule has 1 aromatic rings. The van der Waals surface area contributed by atoms with Crippen LogP contribution in [0.15, 0.2) is 30.3 Å². The van der Waals surface area contributed by atoms with E-state index in [-0.39, 0.29) is 11.2 Å². The third kappa shape index (κ3) is 3.51. The van der Waals surface area contributed by atoms with Crippen LogP contribution in [0.1, 0.15) is 31.2 Å². The fourth-order valence-electron chi connectivity index (χ4n) is 2.22. The van der Waals surface area contributed by atoms with Crippen molar-refractivity contribution >= 4 is 11.8 Å². The van der Waals surface area contributed by atoms with Crippen molar-refractivity contribution in [1.29, 1.82) is 5.26 Å². The highest BCUT2D eigenvalue weighted by molar-refractivity contribution is 8.00. The summed E-state index contributed by atoms with van der Waals surface area (Å²) in [6.45, 7) is 3.81. The van der Waals surface area contributed by atoms with Crippen molar-refractivity contribution in [3.63, 3.8) is 0 Å². The number of hydrogen-bond acceptors (Lipinski definition) is 3. The first kappa shape index (κ1) is 13.5. The molecule has 0 bridgehead atoms. The van der Waals surface area contributed by atoms with Crippen molar-refractivity contribution < 1.29 is 4.74 Å². The first-order valence-corrected chi connectivity index (χ1v) is 7.43. The third-order valence-electron chi connectivity index (χ3n) is 3.36. The van der Waals surface area contributed by atoms with E-state index in [0.29, 0.717) is 5.25 Å². The van der Waals surface area contributed by atoms with Crippen LogP contribution in [0.3, 0.4) is 0 Å². The van der Waals surface area contributed by atoms with Gasteiger partial charge in [0, 0.05) is 17.8 Å². The molecule has 1 aliphatic heterocycles. The molecule has 0 aliphatic carbocycles. The molecule has 1 aromatic carbocycles. The molecule has 0 spiro atoms. The van der Waals surface area contributed by atoms with E-state index in [9.17, 15) is 5.26 Å². The van der Waals surface area contributed by atoms with Crippen LogP contribution in [0.5, 0.6) is 0 Å². The fraction of sp³-hybridized carbons (Fsp3) is 0.533. The number of thioether (sulfide) groups is 1. The summed E-state index contributed by atoms with van der Waals surface area (Å²) in [6, 6.07) is 12.7. The predicted octanol–water partition coefficient (Wildman–Crippen LogP) is 3.59. The van der Waals surface area contributed by atoms with Crippen LogP contribution in [-0.4, -0.2) is 23.7 Å². The molecular weight excluding hydrogens is 242 g/mol. The largest absolute Gasteiger partial charge is 0.380 e. The van der Waals surface area contributed by atoms with Crippen LogP contribution in [0, 0.1) is 11.3 Å². The zero-order chi connectivity index (χ0) is 12.8. The Morgan fingerprint density at radius 3 is 2.78 bits per heavy atom. The lowest BCUT2D eigenvalue weighted by Crippen LogP contribution is -2.23. The van der Waals surface area contributed by atoms with Gasteiger partial charge in [-0.3, -0.25) is 0 Å². The SMILES string of the molecule is CC(c1ccccc1)C(C#N)SC1CCCOC1. The summed E-state index contributed by atoms with van der Waals surface area (Å²) in [4.78, 5) is 0. The molecule has 2 nitrogen and oxygen atoms in total. The zero-order valence-corrected chi connectivity index (χ0v) is 11.5. The Kier molecular flexibility index (Phi) is 5.10. The number of benzene rings is 1. The molecule has 1 saturated heterocycles. The molecule has 3 atom stereocenters. The van der Waals surface area contributed by atoms with E-state index in [4.69, 9.17) is 4.74 Å². The molecule has 1 heterocycles. The van der Waals surface area contributed by atoms with Gasteiger partial charge in [0.1, 0.15) is 0 Å². The Balaban J connectivity index is 1.98. The van der Waals surface area contributed by atoms with Gasteiger partial charge < -0.3 is 4.74 Å². The van der Waals surface area contributed by atoms with Gasteiger partial charge in [-0.1, -0.05) is 37.3 Å². The smallest absolute Gasteiger partial charge is 0.0985 e. The van der Waals surface area contributed by atoms with Crippen molar-refractivity contribution in [2.75, 3.05) is 13.2 Å². The molecule has 0 N–H and O–H groups in total. The Morgan fingerprint density at radius 2 is 2.17 bits per heavy atom. The number of rotatable bonds is 4. The van der Waals surface area contributed by atoms with Gasteiger partial charge in [-0.05, 0) is 18.4 Å². The second kappa shape index (κ2) is 6.82. The molecule has 96 valence electrons. The molecule has 1 fully saturated rings. The van der Waals surface area contributed by atoms with E-state index in [1.54, 1.807) is 11.8 Å². The zero-order valence-electron chi connectivity index (χ0n) is 10.7. The molecule has 2 rings (SSSR count). The lowest BCUT2D eigenvalue weighted by atomic mass is 9.98. The van der Waals surface area contributed by atoms with Crippen molar-refractivity contribution in [1.82, 2.24) is 0 Å². The third-order valence-corrected chi connectivity index (χ3v) is 4.93. The predicted molar refractivity (Wildman–Crippen MR) is 75.7 cm³/mol. The standard InChI is InChI=1S/C15H19NOS/c1-12(13-6-3-2-4-7-13)15(10-16)18-14-8-5-9-17-11-14/h2-4,6-7,12,14-15H,5,8-9,11H2,1H3. The number of hydrogen-bond donors (Lipinski definition) is 0. The maximum absolute atomic E-state index is 9.38. The summed E-state index contributed by atoms with van der Waals surface area (Å²) in [6.07, 6.45) is 2.29. The van der Waals surface area contributed by atoms with Crippen LogP contribution < -0.4 is 0 Å².